The van der Waals surface area contributed by atoms with Crippen LogP contribution in [0.5, 0.6) is 0 Å². The molecule has 2 aromatic rings. The van der Waals surface area contributed by atoms with Crippen LogP contribution < -0.4 is 21.7 Å². The van der Waals surface area contributed by atoms with Crippen LogP contribution in [0.25, 0.3) is 0 Å². The summed E-state index contributed by atoms with van der Waals surface area (Å²) in [4.78, 5) is 26.3. The number of aliphatic hydroxyl groups is 1. The Morgan fingerprint density at radius 3 is 2.67 bits per heavy atom. The number of aromatic nitrogens is 2. The topological polar surface area (TPSA) is 134 Å². The van der Waals surface area contributed by atoms with Crippen molar-refractivity contribution >= 4 is 40.7 Å². The molecule has 2 aliphatic rings. The fourth-order valence-corrected chi connectivity index (χ4v) is 5.00. The van der Waals surface area contributed by atoms with E-state index in [9.17, 15) is 14.7 Å². The van der Waals surface area contributed by atoms with E-state index in [-0.39, 0.29) is 22.5 Å². The zero-order valence-corrected chi connectivity index (χ0v) is 21.1. The van der Waals surface area contributed by atoms with Crippen molar-refractivity contribution in [3.63, 3.8) is 0 Å². The van der Waals surface area contributed by atoms with E-state index in [0.29, 0.717) is 6.42 Å². The average molecular weight is 533 g/mol. The van der Waals surface area contributed by atoms with Crippen molar-refractivity contribution in [2.75, 3.05) is 18.4 Å². The zero-order valence-electron chi connectivity index (χ0n) is 19.6. The van der Waals surface area contributed by atoms with E-state index in [2.05, 4.69) is 21.0 Å². The van der Waals surface area contributed by atoms with Gasteiger partial charge in [-0.3, -0.25) is 9.59 Å². The number of nitrogens with zero attached hydrogens (tertiary/aromatic N) is 2. The predicted octanol–water partition coefficient (Wildman–Crippen LogP) is 2.28. The van der Waals surface area contributed by atoms with Crippen molar-refractivity contribution in [1.82, 2.24) is 20.4 Å². The molecule has 1 aliphatic carbocycles. The molecule has 9 nitrogen and oxygen atoms in total. The van der Waals surface area contributed by atoms with Crippen LogP contribution in [-0.2, 0) is 11.2 Å². The number of amides is 2. The number of piperidine rings is 1. The molecular formula is C25H30Cl2N6O3. The molecule has 0 saturated carbocycles. The highest BCUT2D eigenvalue weighted by Gasteiger charge is 2.32. The monoisotopic (exact) mass is 532 g/mol. The van der Waals surface area contributed by atoms with Gasteiger partial charge >= 0.3 is 0 Å². The molecule has 1 fully saturated rings. The Bertz CT molecular complexity index is 1130. The number of halogens is 2. The lowest BCUT2D eigenvalue weighted by molar-refractivity contribution is -0.118. The Morgan fingerprint density at radius 2 is 1.97 bits per heavy atom. The first-order chi connectivity index (χ1) is 17.3. The van der Waals surface area contributed by atoms with Gasteiger partial charge in [0.15, 0.2) is 11.9 Å². The van der Waals surface area contributed by atoms with Gasteiger partial charge < -0.3 is 26.8 Å². The number of allylic oxidation sites excluding steroid dienone is 3. The van der Waals surface area contributed by atoms with Crippen molar-refractivity contribution in [1.29, 1.82) is 0 Å². The van der Waals surface area contributed by atoms with E-state index < -0.39 is 35.4 Å². The number of alkyl halides is 1. The largest absolute Gasteiger partial charge is 0.370 e. The highest BCUT2D eigenvalue weighted by Crippen LogP contribution is 2.30. The second-order valence-electron chi connectivity index (χ2n) is 8.98. The first kappa shape index (κ1) is 26.4. The number of hydrogen-bond donors (Lipinski definition) is 5. The maximum absolute atomic E-state index is 13.2. The Morgan fingerprint density at radius 1 is 1.25 bits per heavy atom. The lowest BCUT2D eigenvalue weighted by atomic mass is 9.99. The third-order valence-corrected chi connectivity index (χ3v) is 7.05. The summed E-state index contributed by atoms with van der Waals surface area (Å²) in [5, 5.41) is 23.8. The van der Waals surface area contributed by atoms with E-state index in [1.54, 1.807) is 18.2 Å². The first-order valence-corrected chi connectivity index (χ1v) is 12.7. The molecule has 1 saturated heterocycles. The van der Waals surface area contributed by atoms with Gasteiger partial charge in [-0.1, -0.05) is 54.1 Å². The fourth-order valence-electron chi connectivity index (χ4n) is 4.30. The molecule has 4 rings (SSSR count). The third-order valence-electron chi connectivity index (χ3n) is 6.30. The minimum Gasteiger partial charge on any atom is -0.370 e. The SMILES string of the molecule is NC(Cc1ccccc1)C(O)n1cc(NC(=O)C2C(Cl)=CC=CC2Cl)c(C(=O)NC2CCNCC2)n1. The van der Waals surface area contributed by atoms with Crippen molar-refractivity contribution < 1.29 is 14.7 Å². The maximum atomic E-state index is 13.2. The number of anilines is 1. The van der Waals surface area contributed by atoms with Crippen LogP contribution in [-0.4, -0.2) is 57.3 Å². The lowest BCUT2D eigenvalue weighted by Gasteiger charge is -2.23. The Kier molecular flexibility index (Phi) is 8.81. The summed E-state index contributed by atoms with van der Waals surface area (Å²) in [5.74, 6) is -1.77. The quantitative estimate of drug-likeness (QED) is 0.331. The number of aliphatic hydroxyl groups excluding tert-OH is 1. The third kappa shape index (κ3) is 6.35. The molecule has 192 valence electrons. The van der Waals surface area contributed by atoms with Crippen LogP contribution in [0.2, 0.25) is 0 Å². The van der Waals surface area contributed by atoms with Crippen LogP contribution in [0.4, 0.5) is 5.69 Å². The molecule has 0 bridgehead atoms. The molecular weight excluding hydrogens is 503 g/mol. The van der Waals surface area contributed by atoms with Gasteiger partial charge in [0.05, 0.1) is 29.2 Å². The van der Waals surface area contributed by atoms with E-state index in [1.165, 1.54) is 10.9 Å². The molecule has 1 aromatic heterocycles. The van der Waals surface area contributed by atoms with Crippen molar-refractivity contribution in [2.24, 2.45) is 11.7 Å². The van der Waals surface area contributed by atoms with Gasteiger partial charge in [-0.2, -0.15) is 5.10 Å². The number of rotatable bonds is 8. The summed E-state index contributed by atoms with van der Waals surface area (Å²) in [6, 6.07) is 8.79. The van der Waals surface area contributed by atoms with E-state index >= 15 is 0 Å². The molecule has 11 heteroatoms. The second-order valence-corrected chi connectivity index (χ2v) is 9.92. The number of carbonyl (C=O) groups excluding carboxylic acids is 2. The van der Waals surface area contributed by atoms with Gasteiger partial charge in [0, 0.05) is 11.1 Å². The Balaban J connectivity index is 1.56. The average Bonchev–Trinajstić information content (AvgIpc) is 3.28. The molecule has 0 spiro atoms. The number of hydrogen-bond acceptors (Lipinski definition) is 6. The summed E-state index contributed by atoms with van der Waals surface area (Å²) in [7, 11) is 0. The number of nitrogens with one attached hydrogen (secondary N) is 3. The number of nitrogens with two attached hydrogens (primary N) is 1. The highest BCUT2D eigenvalue weighted by molar-refractivity contribution is 6.34. The lowest BCUT2D eigenvalue weighted by Crippen LogP contribution is -2.43. The summed E-state index contributed by atoms with van der Waals surface area (Å²) < 4.78 is 1.21. The predicted molar refractivity (Wildman–Crippen MR) is 140 cm³/mol. The van der Waals surface area contributed by atoms with Crippen molar-refractivity contribution in [3.05, 3.63) is 71.0 Å². The van der Waals surface area contributed by atoms with Crippen LogP contribution in [0.1, 0.15) is 35.1 Å². The molecule has 1 aliphatic heterocycles. The van der Waals surface area contributed by atoms with Gasteiger partial charge in [-0.05, 0) is 44.0 Å². The smallest absolute Gasteiger partial charge is 0.274 e. The van der Waals surface area contributed by atoms with E-state index in [0.717, 1.165) is 31.5 Å². The second kappa shape index (κ2) is 12.0. The first-order valence-electron chi connectivity index (χ1n) is 11.9. The van der Waals surface area contributed by atoms with Crippen LogP contribution >= 0.6 is 23.2 Å². The summed E-state index contributed by atoms with van der Waals surface area (Å²) in [6.45, 7) is 1.60. The van der Waals surface area contributed by atoms with Gasteiger partial charge in [0.25, 0.3) is 5.91 Å². The minimum atomic E-state index is -1.23. The highest BCUT2D eigenvalue weighted by atomic mass is 35.5. The van der Waals surface area contributed by atoms with Gasteiger partial charge in [0.2, 0.25) is 5.91 Å². The van der Waals surface area contributed by atoms with Crippen molar-refractivity contribution in [3.8, 4) is 0 Å². The van der Waals surface area contributed by atoms with Crippen LogP contribution in [0.3, 0.4) is 0 Å². The van der Waals surface area contributed by atoms with E-state index in [1.807, 2.05) is 30.3 Å². The van der Waals surface area contributed by atoms with Crippen molar-refractivity contribution in [2.45, 2.75) is 43.0 Å². The maximum Gasteiger partial charge on any atom is 0.274 e. The molecule has 1 aromatic carbocycles. The Labute approximate surface area is 219 Å². The molecule has 6 N–H and O–H groups in total. The summed E-state index contributed by atoms with van der Waals surface area (Å²) >= 11 is 12.6. The Hall–Kier alpha value is -2.69. The van der Waals surface area contributed by atoms with Crippen LogP contribution in [0, 0.1) is 5.92 Å². The minimum absolute atomic E-state index is 0.0224. The standard InChI is InChI=1S/C25H30Cl2N6O3/c26-17-7-4-8-18(27)21(17)23(34)31-20-14-33(25(36)19(28)13-15-5-2-1-3-6-15)32-22(20)24(35)30-16-9-11-29-12-10-16/h1-8,14,16-17,19,21,25,29,36H,9-13,28H2,(H,30,35)(H,31,34). The number of carbonyl (C=O) groups is 2. The molecule has 36 heavy (non-hydrogen) atoms. The fraction of sp³-hybridized carbons (Fsp3) is 0.400. The zero-order chi connectivity index (χ0) is 25.7. The molecule has 2 heterocycles. The van der Waals surface area contributed by atoms with E-state index in [4.69, 9.17) is 28.9 Å². The molecule has 2 amide bonds. The summed E-state index contributed by atoms with van der Waals surface area (Å²) in [5.41, 5.74) is 7.33. The molecule has 4 unspecified atom stereocenters. The number of benzene rings is 1. The van der Waals surface area contributed by atoms with Gasteiger partial charge in [0.1, 0.15) is 0 Å². The van der Waals surface area contributed by atoms with Crippen LogP contribution in [0.15, 0.2) is 59.8 Å². The normalized spacial score (nSPS) is 21.9. The summed E-state index contributed by atoms with van der Waals surface area (Å²) in [6.07, 6.45) is 7.08. The van der Waals surface area contributed by atoms with Gasteiger partial charge in [-0.15, -0.1) is 11.6 Å². The molecule has 0 radical (unpaired) electrons. The molecule has 4 atom stereocenters. The van der Waals surface area contributed by atoms with Gasteiger partial charge in [-0.25, -0.2) is 4.68 Å².